The Morgan fingerprint density at radius 1 is 1.40 bits per heavy atom. The SMILES string of the molecule is O=C(NC[C@@H]1CO[C@@H]2CN(C(=O)C3(F)CCC3)C[C@H]12)c1cccnc1. The number of nitrogens with zero attached hydrogens (tertiary/aromatic N) is 2. The van der Waals surface area contributed by atoms with E-state index in [-0.39, 0.29) is 29.8 Å². The maximum atomic E-state index is 14.4. The molecule has 3 atom stereocenters. The summed E-state index contributed by atoms with van der Waals surface area (Å²) in [5, 5.41) is 2.91. The van der Waals surface area contributed by atoms with Gasteiger partial charge in [-0.3, -0.25) is 14.6 Å². The second kappa shape index (κ2) is 6.37. The number of halogens is 1. The molecule has 7 heteroatoms. The molecule has 0 aromatic carbocycles. The van der Waals surface area contributed by atoms with Crippen LogP contribution in [-0.4, -0.2) is 59.7 Å². The molecule has 2 aliphatic heterocycles. The normalized spacial score (nSPS) is 29.8. The summed E-state index contributed by atoms with van der Waals surface area (Å²) in [6.45, 7) is 2.02. The molecule has 0 bridgehead atoms. The van der Waals surface area contributed by atoms with Crippen molar-refractivity contribution in [1.29, 1.82) is 0 Å². The first-order valence-electron chi connectivity index (χ1n) is 8.85. The van der Waals surface area contributed by atoms with E-state index in [1.165, 1.54) is 6.20 Å². The van der Waals surface area contributed by atoms with Crippen LogP contribution in [0, 0.1) is 11.8 Å². The van der Waals surface area contributed by atoms with Gasteiger partial charge in [-0.05, 0) is 31.4 Å². The van der Waals surface area contributed by atoms with Crippen molar-refractivity contribution in [2.75, 3.05) is 26.2 Å². The zero-order valence-corrected chi connectivity index (χ0v) is 14.0. The van der Waals surface area contributed by atoms with Gasteiger partial charge in [0.1, 0.15) is 0 Å². The van der Waals surface area contributed by atoms with Crippen molar-refractivity contribution in [3.8, 4) is 0 Å². The quantitative estimate of drug-likeness (QED) is 0.888. The minimum absolute atomic E-state index is 0.0482. The molecule has 2 saturated heterocycles. The van der Waals surface area contributed by atoms with Crippen LogP contribution in [0.4, 0.5) is 4.39 Å². The number of hydrogen-bond donors (Lipinski definition) is 1. The first-order valence-corrected chi connectivity index (χ1v) is 8.85. The van der Waals surface area contributed by atoms with Crippen LogP contribution < -0.4 is 5.32 Å². The zero-order chi connectivity index (χ0) is 17.4. The Morgan fingerprint density at radius 2 is 2.24 bits per heavy atom. The van der Waals surface area contributed by atoms with Gasteiger partial charge in [-0.15, -0.1) is 0 Å². The Morgan fingerprint density at radius 3 is 2.92 bits per heavy atom. The van der Waals surface area contributed by atoms with Gasteiger partial charge in [-0.2, -0.15) is 0 Å². The van der Waals surface area contributed by atoms with Crippen molar-refractivity contribution < 1.29 is 18.7 Å². The third-order valence-corrected chi connectivity index (χ3v) is 5.70. The molecule has 3 fully saturated rings. The number of carbonyl (C=O) groups is 2. The monoisotopic (exact) mass is 347 g/mol. The number of alkyl halides is 1. The molecule has 0 radical (unpaired) electrons. The molecule has 0 unspecified atom stereocenters. The molecule has 1 aromatic rings. The van der Waals surface area contributed by atoms with Crippen molar-refractivity contribution in [3.05, 3.63) is 30.1 Å². The molecule has 0 spiro atoms. The Balaban J connectivity index is 1.33. The summed E-state index contributed by atoms with van der Waals surface area (Å²) in [6.07, 6.45) is 4.55. The molecule has 1 N–H and O–H groups in total. The van der Waals surface area contributed by atoms with Gasteiger partial charge in [0.25, 0.3) is 11.8 Å². The van der Waals surface area contributed by atoms with E-state index in [9.17, 15) is 14.0 Å². The Kier molecular flexibility index (Phi) is 4.19. The van der Waals surface area contributed by atoms with Crippen LogP contribution in [0.2, 0.25) is 0 Å². The number of hydrogen-bond acceptors (Lipinski definition) is 4. The molecule has 134 valence electrons. The minimum Gasteiger partial charge on any atom is -0.376 e. The van der Waals surface area contributed by atoms with E-state index in [0.717, 1.165) is 6.42 Å². The number of rotatable bonds is 4. The van der Waals surface area contributed by atoms with E-state index in [1.54, 1.807) is 23.2 Å². The first kappa shape index (κ1) is 16.4. The van der Waals surface area contributed by atoms with E-state index in [4.69, 9.17) is 4.74 Å². The largest absolute Gasteiger partial charge is 0.376 e. The third kappa shape index (κ3) is 3.01. The predicted octanol–water partition coefficient (Wildman–Crippen LogP) is 1.18. The van der Waals surface area contributed by atoms with Crippen molar-refractivity contribution in [2.45, 2.75) is 31.0 Å². The van der Waals surface area contributed by atoms with Gasteiger partial charge in [0.15, 0.2) is 5.67 Å². The molecule has 25 heavy (non-hydrogen) atoms. The predicted molar refractivity (Wildman–Crippen MR) is 87.6 cm³/mol. The van der Waals surface area contributed by atoms with E-state index in [2.05, 4.69) is 10.3 Å². The van der Waals surface area contributed by atoms with E-state index in [0.29, 0.717) is 44.6 Å². The van der Waals surface area contributed by atoms with E-state index in [1.807, 2.05) is 0 Å². The average molecular weight is 347 g/mol. The number of aromatic nitrogens is 1. The summed E-state index contributed by atoms with van der Waals surface area (Å²) in [6, 6.07) is 3.43. The fourth-order valence-corrected chi connectivity index (χ4v) is 3.98. The Labute approximate surface area is 145 Å². The summed E-state index contributed by atoms with van der Waals surface area (Å²) >= 11 is 0. The minimum atomic E-state index is -1.65. The van der Waals surface area contributed by atoms with Gasteiger partial charge in [0, 0.05) is 43.9 Å². The van der Waals surface area contributed by atoms with Crippen LogP contribution in [-0.2, 0) is 9.53 Å². The molecule has 1 aliphatic carbocycles. The highest BCUT2D eigenvalue weighted by atomic mass is 19.1. The maximum Gasteiger partial charge on any atom is 0.260 e. The first-order chi connectivity index (χ1) is 12.1. The lowest BCUT2D eigenvalue weighted by Gasteiger charge is -2.35. The molecule has 3 heterocycles. The summed E-state index contributed by atoms with van der Waals surface area (Å²) in [5.41, 5.74) is -1.13. The molecule has 1 saturated carbocycles. The number of ether oxygens (including phenoxy) is 1. The second-order valence-corrected chi connectivity index (χ2v) is 7.28. The Bertz CT molecular complexity index is 665. The lowest BCUT2D eigenvalue weighted by molar-refractivity contribution is -0.149. The number of pyridine rings is 1. The van der Waals surface area contributed by atoms with Gasteiger partial charge in [0.05, 0.1) is 18.3 Å². The number of fused-ring (bicyclic) bond motifs is 1. The van der Waals surface area contributed by atoms with Gasteiger partial charge < -0.3 is 15.0 Å². The fraction of sp³-hybridized carbons (Fsp3) is 0.611. The summed E-state index contributed by atoms with van der Waals surface area (Å²) in [7, 11) is 0. The average Bonchev–Trinajstić information content (AvgIpc) is 3.18. The highest BCUT2D eigenvalue weighted by Gasteiger charge is 2.52. The van der Waals surface area contributed by atoms with Crippen molar-refractivity contribution >= 4 is 11.8 Å². The highest BCUT2D eigenvalue weighted by molar-refractivity contribution is 5.93. The molecular weight excluding hydrogens is 325 g/mol. The van der Waals surface area contributed by atoms with Crippen LogP contribution in [0.3, 0.4) is 0 Å². The van der Waals surface area contributed by atoms with Gasteiger partial charge in [-0.25, -0.2) is 4.39 Å². The fourth-order valence-electron chi connectivity index (χ4n) is 3.98. The lowest BCUT2D eigenvalue weighted by Crippen LogP contribution is -2.50. The number of amides is 2. The highest BCUT2D eigenvalue weighted by Crippen LogP contribution is 2.40. The van der Waals surface area contributed by atoms with Crippen LogP contribution in [0.25, 0.3) is 0 Å². The number of nitrogens with one attached hydrogen (secondary N) is 1. The van der Waals surface area contributed by atoms with Gasteiger partial charge in [-0.1, -0.05) is 0 Å². The topological polar surface area (TPSA) is 71.5 Å². The maximum absolute atomic E-state index is 14.4. The number of likely N-dealkylation sites (tertiary alicyclic amines) is 1. The van der Waals surface area contributed by atoms with Gasteiger partial charge >= 0.3 is 0 Å². The summed E-state index contributed by atoms with van der Waals surface area (Å²) < 4.78 is 20.2. The summed E-state index contributed by atoms with van der Waals surface area (Å²) in [5.74, 6) is -0.253. The molecule has 2 amide bonds. The lowest BCUT2D eigenvalue weighted by atomic mass is 9.81. The van der Waals surface area contributed by atoms with Crippen LogP contribution in [0.1, 0.15) is 29.6 Å². The third-order valence-electron chi connectivity index (χ3n) is 5.70. The van der Waals surface area contributed by atoms with Crippen molar-refractivity contribution in [1.82, 2.24) is 15.2 Å². The van der Waals surface area contributed by atoms with Crippen LogP contribution >= 0.6 is 0 Å². The number of carbonyl (C=O) groups excluding carboxylic acids is 2. The van der Waals surface area contributed by atoms with E-state index >= 15 is 0 Å². The van der Waals surface area contributed by atoms with Crippen LogP contribution in [0.5, 0.6) is 0 Å². The van der Waals surface area contributed by atoms with Crippen LogP contribution in [0.15, 0.2) is 24.5 Å². The van der Waals surface area contributed by atoms with Crippen molar-refractivity contribution in [2.24, 2.45) is 11.8 Å². The molecular formula is C18H22FN3O3. The van der Waals surface area contributed by atoms with Gasteiger partial charge in [0.2, 0.25) is 0 Å². The zero-order valence-electron chi connectivity index (χ0n) is 14.0. The summed E-state index contributed by atoms with van der Waals surface area (Å²) in [4.78, 5) is 30.0. The molecule has 6 nitrogen and oxygen atoms in total. The molecule has 1 aromatic heterocycles. The van der Waals surface area contributed by atoms with E-state index < -0.39 is 5.67 Å². The smallest absolute Gasteiger partial charge is 0.260 e. The molecule has 4 rings (SSSR count). The standard InChI is InChI=1S/C18H22FN3O3/c19-18(4-2-5-18)17(24)22-9-14-13(11-25-15(14)10-22)8-21-16(23)12-3-1-6-20-7-12/h1,3,6-7,13-15H,2,4-5,8-11H2,(H,21,23)/t13-,14-,15-/m1/s1. The molecule has 3 aliphatic rings. The van der Waals surface area contributed by atoms with Crippen molar-refractivity contribution in [3.63, 3.8) is 0 Å². The Hall–Kier alpha value is -2.02. The second-order valence-electron chi connectivity index (χ2n) is 7.28.